The van der Waals surface area contributed by atoms with E-state index in [2.05, 4.69) is 15.5 Å². The maximum atomic E-state index is 13.5. The van der Waals surface area contributed by atoms with E-state index in [0.29, 0.717) is 46.7 Å². The Labute approximate surface area is 180 Å². The number of aromatic amines is 1. The summed E-state index contributed by atoms with van der Waals surface area (Å²) in [4.78, 5) is 13.4. The molecule has 1 unspecified atom stereocenters. The minimum absolute atomic E-state index is 0.284. The Bertz CT molecular complexity index is 1230. The van der Waals surface area contributed by atoms with Crippen LogP contribution in [0.2, 0.25) is 5.02 Å². The van der Waals surface area contributed by atoms with Crippen LogP contribution in [0.1, 0.15) is 29.5 Å². The van der Waals surface area contributed by atoms with Crippen LogP contribution in [0, 0.1) is 20.8 Å². The first-order valence-corrected chi connectivity index (χ1v) is 11.5. The van der Waals surface area contributed by atoms with Crippen molar-refractivity contribution in [1.29, 1.82) is 0 Å². The highest BCUT2D eigenvalue weighted by Crippen LogP contribution is 2.32. The standard InChI is InChI=1S/C21H23ClN4O3S/c1-12-7-13(2)20(14(3)8-12)30(28,29)26-6-4-5-18(26)21(27)24-17-10-16(22)9-15-11-23-25-19(15)17/h7-11,18H,4-6H2,1-3H3,(H,23,25)(H,24,27). The summed E-state index contributed by atoms with van der Waals surface area (Å²) in [5, 5.41) is 10.9. The van der Waals surface area contributed by atoms with Gasteiger partial charge in [-0.2, -0.15) is 9.40 Å². The van der Waals surface area contributed by atoms with Gasteiger partial charge >= 0.3 is 0 Å². The molecule has 2 aromatic carbocycles. The van der Waals surface area contributed by atoms with Gasteiger partial charge in [-0.05, 0) is 56.9 Å². The van der Waals surface area contributed by atoms with E-state index in [4.69, 9.17) is 11.6 Å². The zero-order valence-electron chi connectivity index (χ0n) is 17.0. The first kappa shape index (κ1) is 20.8. The third-order valence-corrected chi connectivity index (χ3v) is 7.88. The van der Waals surface area contributed by atoms with Gasteiger partial charge < -0.3 is 5.32 Å². The average Bonchev–Trinajstić information content (AvgIpc) is 3.29. The van der Waals surface area contributed by atoms with E-state index in [0.717, 1.165) is 10.9 Å². The van der Waals surface area contributed by atoms with Crippen LogP contribution in [0.15, 0.2) is 35.4 Å². The van der Waals surface area contributed by atoms with Crippen LogP contribution >= 0.6 is 11.6 Å². The van der Waals surface area contributed by atoms with Gasteiger partial charge in [0.25, 0.3) is 0 Å². The molecule has 1 fully saturated rings. The van der Waals surface area contributed by atoms with Crippen molar-refractivity contribution in [3.05, 3.63) is 52.2 Å². The first-order valence-electron chi connectivity index (χ1n) is 9.71. The van der Waals surface area contributed by atoms with Crippen LogP contribution < -0.4 is 5.32 Å². The number of hydrogen-bond acceptors (Lipinski definition) is 4. The van der Waals surface area contributed by atoms with Crippen molar-refractivity contribution < 1.29 is 13.2 Å². The number of sulfonamides is 1. The summed E-state index contributed by atoms with van der Waals surface area (Å²) < 4.78 is 28.3. The molecule has 4 rings (SSSR count). The highest BCUT2D eigenvalue weighted by atomic mass is 35.5. The SMILES string of the molecule is Cc1cc(C)c(S(=O)(=O)N2CCCC2C(=O)Nc2cc(Cl)cc3cn[nH]c23)c(C)c1. The Balaban J connectivity index is 1.66. The molecule has 0 bridgehead atoms. The van der Waals surface area contributed by atoms with Gasteiger partial charge in [0.15, 0.2) is 0 Å². The van der Waals surface area contributed by atoms with E-state index >= 15 is 0 Å². The van der Waals surface area contributed by atoms with Crippen molar-refractivity contribution in [3.8, 4) is 0 Å². The number of hydrogen-bond donors (Lipinski definition) is 2. The monoisotopic (exact) mass is 446 g/mol. The molecule has 1 atom stereocenters. The normalized spacial score (nSPS) is 17.5. The van der Waals surface area contributed by atoms with Crippen LogP contribution in [0.25, 0.3) is 10.9 Å². The number of halogens is 1. The zero-order chi connectivity index (χ0) is 21.6. The number of nitrogens with zero attached hydrogens (tertiary/aromatic N) is 2. The second-order valence-corrected chi connectivity index (χ2v) is 10.0. The number of nitrogens with one attached hydrogen (secondary N) is 2. The summed E-state index contributed by atoms with van der Waals surface area (Å²) in [6.07, 6.45) is 2.70. The smallest absolute Gasteiger partial charge is 0.244 e. The molecule has 158 valence electrons. The predicted octanol–water partition coefficient (Wildman–Crippen LogP) is 3.93. The van der Waals surface area contributed by atoms with Crippen LogP contribution in [0.3, 0.4) is 0 Å². The van der Waals surface area contributed by atoms with Gasteiger partial charge in [-0.1, -0.05) is 29.3 Å². The molecule has 2 heterocycles. The van der Waals surface area contributed by atoms with Crippen molar-refractivity contribution >= 4 is 44.1 Å². The van der Waals surface area contributed by atoms with E-state index in [-0.39, 0.29) is 10.8 Å². The van der Waals surface area contributed by atoms with Crippen LogP contribution in [0.4, 0.5) is 5.69 Å². The number of anilines is 1. The molecule has 1 aromatic heterocycles. The van der Waals surface area contributed by atoms with E-state index in [9.17, 15) is 13.2 Å². The van der Waals surface area contributed by atoms with Crippen molar-refractivity contribution in [3.63, 3.8) is 0 Å². The van der Waals surface area contributed by atoms with Crippen molar-refractivity contribution in [2.24, 2.45) is 0 Å². The molecular weight excluding hydrogens is 424 g/mol. The van der Waals surface area contributed by atoms with Crippen LogP contribution in [-0.4, -0.2) is 41.4 Å². The second-order valence-electron chi connectivity index (χ2n) is 7.78. The van der Waals surface area contributed by atoms with Gasteiger partial charge in [0.2, 0.25) is 15.9 Å². The molecular formula is C21H23ClN4O3S. The third-order valence-electron chi connectivity index (χ3n) is 5.45. The lowest BCUT2D eigenvalue weighted by Gasteiger charge is -2.25. The van der Waals surface area contributed by atoms with E-state index in [1.807, 2.05) is 19.1 Å². The molecule has 0 radical (unpaired) electrons. The van der Waals surface area contributed by atoms with Crippen molar-refractivity contribution in [2.45, 2.75) is 44.6 Å². The van der Waals surface area contributed by atoms with Crippen LogP contribution in [0.5, 0.6) is 0 Å². The topological polar surface area (TPSA) is 95.2 Å². The molecule has 1 amide bonds. The predicted molar refractivity (Wildman–Crippen MR) is 117 cm³/mol. The Kier molecular flexibility index (Phi) is 5.34. The number of benzene rings is 2. The zero-order valence-corrected chi connectivity index (χ0v) is 18.6. The molecule has 1 aliphatic rings. The highest BCUT2D eigenvalue weighted by molar-refractivity contribution is 7.89. The lowest BCUT2D eigenvalue weighted by atomic mass is 10.1. The lowest BCUT2D eigenvalue weighted by Crippen LogP contribution is -2.43. The Hall–Kier alpha value is -2.42. The van der Waals surface area contributed by atoms with Gasteiger partial charge in [0.1, 0.15) is 6.04 Å². The molecule has 0 saturated carbocycles. The number of fused-ring (bicyclic) bond motifs is 1. The summed E-state index contributed by atoms with van der Waals surface area (Å²) in [5.74, 6) is -0.378. The molecule has 3 aromatic rings. The van der Waals surface area contributed by atoms with Crippen molar-refractivity contribution in [1.82, 2.24) is 14.5 Å². The Morgan fingerprint density at radius 2 is 1.90 bits per heavy atom. The molecule has 9 heteroatoms. The number of carbonyl (C=O) groups excluding carboxylic acids is 1. The lowest BCUT2D eigenvalue weighted by molar-refractivity contribution is -0.119. The van der Waals surface area contributed by atoms with Crippen molar-refractivity contribution in [2.75, 3.05) is 11.9 Å². The summed E-state index contributed by atoms with van der Waals surface area (Å²) in [6.45, 7) is 5.82. The fourth-order valence-electron chi connectivity index (χ4n) is 4.32. The molecule has 0 spiro atoms. The maximum absolute atomic E-state index is 13.5. The fourth-order valence-corrected chi connectivity index (χ4v) is 6.61. The third kappa shape index (κ3) is 3.59. The molecule has 1 saturated heterocycles. The number of rotatable bonds is 4. The summed E-state index contributed by atoms with van der Waals surface area (Å²) in [5.41, 5.74) is 3.50. The quantitative estimate of drug-likeness (QED) is 0.634. The largest absolute Gasteiger partial charge is 0.323 e. The maximum Gasteiger partial charge on any atom is 0.244 e. The Morgan fingerprint density at radius 3 is 2.60 bits per heavy atom. The number of aromatic nitrogens is 2. The minimum Gasteiger partial charge on any atom is -0.323 e. The minimum atomic E-state index is -3.82. The van der Waals surface area contributed by atoms with E-state index in [1.54, 1.807) is 32.2 Å². The summed E-state index contributed by atoms with van der Waals surface area (Å²) in [7, 11) is -3.82. The highest BCUT2D eigenvalue weighted by Gasteiger charge is 2.40. The number of amides is 1. The number of carbonyl (C=O) groups is 1. The number of aryl methyl sites for hydroxylation is 3. The molecule has 1 aliphatic heterocycles. The molecule has 7 nitrogen and oxygen atoms in total. The van der Waals surface area contributed by atoms with Gasteiger partial charge in [-0.25, -0.2) is 8.42 Å². The molecule has 2 N–H and O–H groups in total. The molecule has 30 heavy (non-hydrogen) atoms. The summed E-state index contributed by atoms with van der Waals surface area (Å²) in [6, 6.07) is 6.29. The number of H-pyrrole nitrogens is 1. The van der Waals surface area contributed by atoms with Gasteiger partial charge in [-0.15, -0.1) is 0 Å². The van der Waals surface area contributed by atoms with Gasteiger partial charge in [-0.3, -0.25) is 9.89 Å². The molecule has 0 aliphatic carbocycles. The summed E-state index contributed by atoms with van der Waals surface area (Å²) >= 11 is 6.15. The van der Waals surface area contributed by atoms with E-state index < -0.39 is 16.1 Å². The van der Waals surface area contributed by atoms with Gasteiger partial charge in [0.05, 0.1) is 22.3 Å². The second kappa shape index (κ2) is 7.68. The Morgan fingerprint density at radius 1 is 1.20 bits per heavy atom. The average molecular weight is 447 g/mol. The van der Waals surface area contributed by atoms with E-state index in [1.165, 1.54) is 4.31 Å². The fraction of sp³-hybridized carbons (Fsp3) is 0.333. The van der Waals surface area contributed by atoms with Crippen LogP contribution in [-0.2, 0) is 14.8 Å². The van der Waals surface area contributed by atoms with Gasteiger partial charge in [0, 0.05) is 17.0 Å². The first-order chi connectivity index (χ1) is 14.2.